The fourth-order valence-electron chi connectivity index (χ4n) is 4.44. The number of pyridine rings is 4. The molecular formula is C30H22N4. The van der Waals surface area contributed by atoms with Crippen molar-refractivity contribution < 1.29 is 0 Å². The number of hydrogen-bond donors (Lipinski definition) is 0. The van der Waals surface area contributed by atoms with E-state index in [4.69, 9.17) is 9.97 Å². The minimum Gasteiger partial charge on any atom is -0.255 e. The fourth-order valence-corrected chi connectivity index (χ4v) is 4.44. The predicted octanol–water partition coefficient (Wildman–Crippen LogP) is 7.19. The number of fused-ring (bicyclic) bond motifs is 3. The van der Waals surface area contributed by atoms with E-state index >= 15 is 0 Å². The molecule has 2 aromatic carbocycles. The van der Waals surface area contributed by atoms with Crippen molar-refractivity contribution in [1.29, 1.82) is 0 Å². The number of nitrogens with zero attached hydrogens (tertiary/aromatic N) is 4. The van der Waals surface area contributed by atoms with E-state index in [0.29, 0.717) is 0 Å². The zero-order valence-corrected chi connectivity index (χ0v) is 19.0. The predicted molar refractivity (Wildman–Crippen MR) is 138 cm³/mol. The molecule has 0 N–H and O–H groups in total. The van der Waals surface area contributed by atoms with Crippen molar-refractivity contribution in [3.63, 3.8) is 0 Å². The van der Waals surface area contributed by atoms with Crippen molar-refractivity contribution in [2.24, 2.45) is 0 Å². The Bertz CT molecular complexity index is 1660. The SMILES string of the molecule is Cc1ccc2ccc3c(-c4ccc(-c5ccnc(-c6ccccn6)c5)cc4)cc(C)nc3c2n1. The summed E-state index contributed by atoms with van der Waals surface area (Å²) in [5.41, 5.74) is 10.2. The Morgan fingerprint density at radius 1 is 0.529 bits per heavy atom. The van der Waals surface area contributed by atoms with Crippen LogP contribution in [0.25, 0.3) is 55.4 Å². The Kier molecular flexibility index (Phi) is 4.84. The zero-order chi connectivity index (χ0) is 23.1. The van der Waals surface area contributed by atoms with Crippen LogP contribution in [0, 0.1) is 13.8 Å². The van der Waals surface area contributed by atoms with Crippen LogP contribution in [-0.2, 0) is 0 Å². The molecule has 4 heterocycles. The van der Waals surface area contributed by atoms with E-state index < -0.39 is 0 Å². The standard InChI is InChI=1S/C30H22N4/c1-19-6-7-23-12-13-25-26(17-20(2)34-30(25)29(23)33-19)22-10-8-21(9-11-22)24-14-16-32-28(18-24)27-5-3-4-15-31-27/h3-18H,1-2H3. The summed E-state index contributed by atoms with van der Waals surface area (Å²) >= 11 is 0. The second-order valence-corrected chi connectivity index (χ2v) is 8.52. The first kappa shape index (κ1) is 20.2. The number of aromatic nitrogens is 4. The van der Waals surface area contributed by atoms with Crippen LogP contribution < -0.4 is 0 Å². The van der Waals surface area contributed by atoms with Crippen LogP contribution in [0.15, 0.2) is 97.3 Å². The van der Waals surface area contributed by atoms with Gasteiger partial charge in [-0.2, -0.15) is 0 Å². The largest absolute Gasteiger partial charge is 0.255 e. The van der Waals surface area contributed by atoms with E-state index in [1.807, 2.05) is 50.4 Å². The van der Waals surface area contributed by atoms with E-state index in [1.54, 1.807) is 6.20 Å². The van der Waals surface area contributed by atoms with E-state index in [0.717, 1.165) is 61.3 Å². The summed E-state index contributed by atoms with van der Waals surface area (Å²) in [5, 5.41) is 2.23. The van der Waals surface area contributed by atoms with Gasteiger partial charge in [-0.05, 0) is 72.5 Å². The average molecular weight is 439 g/mol. The first-order valence-electron chi connectivity index (χ1n) is 11.3. The van der Waals surface area contributed by atoms with Gasteiger partial charge in [-0.15, -0.1) is 0 Å². The Balaban J connectivity index is 1.43. The smallest absolute Gasteiger partial charge is 0.0974 e. The lowest BCUT2D eigenvalue weighted by molar-refractivity contribution is 1.23. The molecule has 0 aliphatic carbocycles. The van der Waals surface area contributed by atoms with E-state index in [2.05, 4.69) is 64.6 Å². The molecule has 0 atom stereocenters. The molecule has 162 valence electrons. The van der Waals surface area contributed by atoms with Crippen LogP contribution in [-0.4, -0.2) is 19.9 Å². The third kappa shape index (κ3) is 3.59. The molecule has 6 rings (SSSR count). The Labute approximate surface area is 198 Å². The number of hydrogen-bond acceptors (Lipinski definition) is 4. The molecule has 0 bridgehead atoms. The van der Waals surface area contributed by atoms with Gasteiger partial charge < -0.3 is 0 Å². The molecule has 4 heteroatoms. The van der Waals surface area contributed by atoms with Gasteiger partial charge in [0.15, 0.2) is 0 Å². The molecule has 0 amide bonds. The van der Waals surface area contributed by atoms with Crippen molar-refractivity contribution in [2.75, 3.05) is 0 Å². The van der Waals surface area contributed by atoms with Gasteiger partial charge in [0.25, 0.3) is 0 Å². The van der Waals surface area contributed by atoms with E-state index in [-0.39, 0.29) is 0 Å². The van der Waals surface area contributed by atoms with Crippen molar-refractivity contribution in [2.45, 2.75) is 13.8 Å². The molecule has 6 aromatic rings. The molecule has 0 radical (unpaired) electrons. The maximum absolute atomic E-state index is 4.86. The highest BCUT2D eigenvalue weighted by Gasteiger charge is 2.11. The molecule has 4 nitrogen and oxygen atoms in total. The lowest BCUT2D eigenvalue weighted by Gasteiger charge is -2.11. The fraction of sp³-hybridized carbons (Fsp3) is 0.0667. The second kappa shape index (κ2) is 8.16. The topological polar surface area (TPSA) is 51.6 Å². The van der Waals surface area contributed by atoms with Gasteiger partial charge in [0.1, 0.15) is 0 Å². The molecule has 0 aliphatic heterocycles. The van der Waals surface area contributed by atoms with Gasteiger partial charge in [0.2, 0.25) is 0 Å². The third-order valence-corrected chi connectivity index (χ3v) is 6.12. The average Bonchev–Trinajstić information content (AvgIpc) is 2.89. The highest BCUT2D eigenvalue weighted by Crippen LogP contribution is 2.33. The van der Waals surface area contributed by atoms with Crippen molar-refractivity contribution in [3.05, 3.63) is 109 Å². The van der Waals surface area contributed by atoms with Crippen LogP contribution in [0.5, 0.6) is 0 Å². The molecule has 34 heavy (non-hydrogen) atoms. The molecule has 0 saturated carbocycles. The van der Waals surface area contributed by atoms with Crippen LogP contribution in [0.2, 0.25) is 0 Å². The molecule has 0 aliphatic rings. The second-order valence-electron chi connectivity index (χ2n) is 8.52. The molecule has 0 fully saturated rings. The van der Waals surface area contributed by atoms with Gasteiger partial charge in [0, 0.05) is 34.6 Å². The van der Waals surface area contributed by atoms with Crippen LogP contribution in [0.1, 0.15) is 11.4 Å². The molecule has 4 aromatic heterocycles. The highest BCUT2D eigenvalue weighted by atomic mass is 14.8. The third-order valence-electron chi connectivity index (χ3n) is 6.12. The minimum absolute atomic E-state index is 0.868. The van der Waals surface area contributed by atoms with E-state index in [1.165, 1.54) is 5.56 Å². The summed E-state index contributed by atoms with van der Waals surface area (Å²) < 4.78 is 0. The summed E-state index contributed by atoms with van der Waals surface area (Å²) in [6, 6.07) is 29.3. The summed E-state index contributed by atoms with van der Waals surface area (Å²) in [5.74, 6) is 0. The molecule has 0 saturated heterocycles. The maximum Gasteiger partial charge on any atom is 0.0974 e. The number of benzene rings is 2. The first-order valence-corrected chi connectivity index (χ1v) is 11.3. The normalized spacial score (nSPS) is 11.2. The summed E-state index contributed by atoms with van der Waals surface area (Å²) in [4.78, 5) is 18.6. The first-order chi connectivity index (χ1) is 16.7. The Morgan fingerprint density at radius 2 is 1.29 bits per heavy atom. The summed E-state index contributed by atoms with van der Waals surface area (Å²) in [6.45, 7) is 4.06. The monoisotopic (exact) mass is 438 g/mol. The lowest BCUT2D eigenvalue weighted by atomic mass is 9.96. The van der Waals surface area contributed by atoms with Gasteiger partial charge in [-0.25, -0.2) is 0 Å². The minimum atomic E-state index is 0.868. The van der Waals surface area contributed by atoms with Crippen molar-refractivity contribution in [1.82, 2.24) is 19.9 Å². The molecular weight excluding hydrogens is 416 g/mol. The quantitative estimate of drug-likeness (QED) is 0.274. The summed E-state index contributed by atoms with van der Waals surface area (Å²) in [7, 11) is 0. The number of rotatable bonds is 3. The van der Waals surface area contributed by atoms with Gasteiger partial charge in [-0.3, -0.25) is 19.9 Å². The molecule has 0 unspecified atom stereocenters. The Hall–Kier alpha value is -4.44. The zero-order valence-electron chi connectivity index (χ0n) is 19.0. The Morgan fingerprint density at radius 3 is 2.12 bits per heavy atom. The van der Waals surface area contributed by atoms with Gasteiger partial charge >= 0.3 is 0 Å². The van der Waals surface area contributed by atoms with Crippen LogP contribution >= 0.6 is 0 Å². The van der Waals surface area contributed by atoms with Gasteiger partial charge in [-0.1, -0.05) is 48.5 Å². The highest BCUT2D eigenvalue weighted by molar-refractivity contribution is 6.08. The van der Waals surface area contributed by atoms with Gasteiger partial charge in [0.05, 0.1) is 22.4 Å². The maximum atomic E-state index is 4.86. The van der Waals surface area contributed by atoms with E-state index in [9.17, 15) is 0 Å². The van der Waals surface area contributed by atoms with Crippen molar-refractivity contribution >= 4 is 21.8 Å². The van der Waals surface area contributed by atoms with Crippen molar-refractivity contribution in [3.8, 4) is 33.6 Å². The lowest BCUT2D eigenvalue weighted by Crippen LogP contribution is -1.93. The molecule has 0 spiro atoms. The van der Waals surface area contributed by atoms with Crippen LogP contribution in [0.4, 0.5) is 0 Å². The van der Waals surface area contributed by atoms with Crippen LogP contribution in [0.3, 0.4) is 0 Å². The summed E-state index contributed by atoms with van der Waals surface area (Å²) in [6.07, 6.45) is 3.63. The number of aryl methyl sites for hydroxylation is 2.